The van der Waals surface area contributed by atoms with Crippen molar-refractivity contribution in [1.29, 1.82) is 0 Å². The molecule has 0 aliphatic carbocycles. The molecule has 3 aromatic rings. The van der Waals surface area contributed by atoms with Gasteiger partial charge in [0.25, 0.3) is 23.6 Å². The van der Waals surface area contributed by atoms with E-state index in [1.807, 2.05) is 13.8 Å². The number of hydrogen-bond acceptors (Lipinski definition) is 8. The summed E-state index contributed by atoms with van der Waals surface area (Å²) in [5.74, 6) is -1.06. The highest BCUT2D eigenvalue weighted by Crippen LogP contribution is 2.27. The quantitative estimate of drug-likeness (QED) is 0.432. The molecule has 4 rings (SSSR count). The van der Waals surface area contributed by atoms with Gasteiger partial charge in [-0.1, -0.05) is 26.0 Å². The Kier molecular flexibility index (Phi) is 5.18. The van der Waals surface area contributed by atoms with Crippen LogP contribution in [0.4, 0.5) is 0 Å². The molecule has 0 bridgehead atoms. The molecule has 9 heteroatoms. The zero-order chi connectivity index (χ0) is 21.3. The summed E-state index contributed by atoms with van der Waals surface area (Å²) in [5.41, 5.74) is 0.563. The van der Waals surface area contributed by atoms with Crippen molar-refractivity contribution in [2.75, 3.05) is 0 Å². The molecule has 0 saturated carbocycles. The SMILES string of the molecule is CC(C)C[C@@H](C(=O)OCc1nnc(-c2ccco2)o1)N1C(=O)c2ccccc2C1=O. The van der Waals surface area contributed by atoms with Crippen LogP contribution in [-0.4, -0.2) is 38.9 Å². The minimum atomic E-state index is -1.05. The second-order valence-electron chi connectivity index (χ2n) is 7.26. The Labute approximate surface area is 171 Å². The number of imide groups is 1. The maximum atomic E-state index is 12.8. The smallest absolute Gasteiger partial charge is 0.329 e. The largest absolute Gasteiger partial charge is 0.459 e. The Morgan fingerprint density at radius 3 is 2.37 bits per heavy atom. The summed E-state index contributed by atoms with van der Waals surface area (Å²) in [7, 11) is 0. The number of hydrogen-bond donors (Lipinski definition) is 0. The van der Waals surface area contributed by atoms with Crippen LogP contribution in [0.1, 0.15) is 46.9 Å². The molecule has 154 valence electrons. The van der Waals surface area contributed by atoms with Gasteiger partial charge < -0.3 is 13.6 Å². The first-order valence-electron chi connectivity index (χ1n) is 9.45. The molecule has 30 heavy (non-hydrogen) atoms. The topological polar surface area (TPSA) is 116 Å². The normalized spacial score (nSPS) is 14.3. The number of amides is 2. The van der Waals surface area contributed by atoms with E-state index in [2.05, 4.69) is 10.2 Å². The Morgan fingerprint density at radius 1 is 1.07 bits per heavy atom. The van der Waals surface area contributed by atoms with Crippen LogP contribution in [0, 0.1) is 5.92 Å². The van der Waals surface area contributed by atoms with E-state index in [9.17, 15) is 14.4 Å². The van der Waals surface area contributed by atoms with E-state index >= 15 is 0 Å². The Balaban J connectivity index is 1.50. The van der Waals surface area contributed by atoms with Gasteiger partial charge in [-0.25, -0.2) is 4.79 Å². The van der Waals surface area contributed by atoms with Gasteiger partial charge in [-0.15, -0.1) is 10.2 Å². The van der Waals surface area contributed by atoms with Crippen molar-refractivity contribution in [2.45, 2.75) is 32.9 Å². The van der Waals surface area contributed by atoms with E-state index in [1.165, 1.54) is 6.26 Å². The lowest BCUT2D eigenvalue weighted by atomic mass is 10.0. The monoisotopic (exact) mass is 409 g/mol. The van der Waals surface area contributed by atoms with Gasteiger partial charge in [0.05, 0.1) is 17.4 Å². The van der Waals surface area contributed by atoms with Gasteiger partial charge in [0.15, 0.2) is 12.4 Å². The number of nitrogens with zero attached hydrogens (tertiary/aromatic N) is 3. The fraction of sp³-hybridized carbons (Fsp3) is 0.286. The lowest BCUT2D eigenvalue weighted by molar-refractivity contribution is -0.151. The van der Waals surface area contributed by atoms with Crippen molar-refractivity contribution in [2.24, 2.45) is 5.92 Å². The number of fused-ring (bicyclic) bond motifs is 1. The van der Waals surface area contributed by atoms with Crippen molar-refractivity contribution in [1.82, 2.24) is 15.1 Å². The van der Waals surface area contributed by atoms with Crippen LogP contribution in [0.15, 0.2) is 51.5 Å². The van der Waals surface area contributed by atoms with E-state index in [0.29, 0.717) is 5.76 Å². The summed E-state index contributed by atoms with van der Waals surface area (Å²) < 4.78 is 15.9. The lowest BCUT2D eigenvalue weighted by Crippen LogP contribution is -2.46. The van der Waals surface area contributed by atoms with E-state index < -0.39 is 23.8 Å². The second-order valence-corrected chi connectivity index (χ2v) is 7.26. The van der Waals surface area contributed by atoms with Crippen LogP contribution < -0.4 is 0 Å². The highest BCUT2D eigenvalue weighted by atomic mass is 16.5. The van der Waals surface area contributed by atoms with Gasteiger partial charge in [-0.05, 0) is 36.6 Å². The summed E-state index contributed by atoms with van der Waals surface area (Å²) >= 11 is 0. The zero-order valence-corrected chi connectivity index (χ0v) is 16.4. The predicted molar refractivity (Wildman–Crippen MR) is 102 cm³/mol. The summed E-state index contributed by atoms with van der Waals surface area (Å²) in [6, 6.07) is 8.78. The van der Waals surface area contributed by atoms with Crippen molar-refractivity contribution < 1.29 is 28.0 Å². The molecule has 0 unspecified atom stereocenters. The molecule has 0 spiro atoms. The van der Waals surface area contributed by atoms with Gasteiger partial charge in [0.2, 0.25) is 0 Å². The Morgan fingerprint density at radius 2 is 1.77 bits per heavy atom. The molecule has 0 fully saturated rings. The molecule has 9 nitrogen and oxygen atoms in total. The molecule has 1 atom stereocenters. The van der Waals surface area contributed by atoms with Crippen LogP contribution in [-0.2, 0) is 16.1 Å². The third kappa shape index (κ3) is 3.61. The zero-order valence-electron chi connectivity index (χ0n) is 16.4. The first kappa shape index (κ1) is 19.6. The van der Waals surface area contributed by atoms with Gasteiger partial charge in [-0.3, -0.25) is 14.5 Å². The standard InChI is InChI=1S/C21H19N3O6/c1-12(2)10-15(24-19(25)13-6-3-4-7-14(13)20(24)26)21(27)29-11-17-22-23-18(30-17)16-8-5-9-28-16/h3-9,12,15H,10-11H2,1-2H3/t15-/m0/s1. The molecule has 1 aliphatic rings. The molecule has 2 aromatic heterocycles. The maximum absolute atomic E-state index is 12.8. The van der Waals surface area contributed by atoms with Crippen LogP contribution in [0.3, 0.4) is 0 Å². The van der Waals surface area contributed by atoms with Crippen molar-refractivity contribution in [3.8, 4) is 11.7 Å². The molecule has 3 heterocycles. The maximum Gasteiger partial charge on any atom is 0.329 e. The molecule has 0 radical (unpaired) electrons. The van der Waals surface area contributed by atoms with Crippen molar-refractivity contribution >= 4 is 17.8 Å². The van der Waals surface area contributed by atoms with E-state index in [1.54, 1.807) is 36.4 Å². The van der Waals surface area contributed by atoms with Gasteiger partial charge in [0.1, 0.15) is 6.04 Å². The highest BCUT2D eigenvalue weighted by Gasteiger charge is 2.43. The first-order chi connectivity index (χ1) is 14.5. The number of benzene rings is 1. The third-order valence-corrected chi connectivity index (χ3v) is 4.64. The number of carbonyl (C=O) groups is 3. The third-order valence-electron chi connectivity index (χ3n) is 4.64. The van der Waals surface area contributed by atoms with E-state index in [0.717, 1.165) is 4.90 Å². The van der Waals surface area contributed by atoms with E-state index in [-0.39, 0.29) is 41.9 Å². The predicted octanol–water partition coefficient (Wildman–Crippen LogP) is 3.08. The average molecular weight is 409 g/mol. The van der Waals surface area contributed by atoms with Crippen molar-refractivity contribution in [3.63, 3.8) is 0 Å². The number of aromatic nitrogens is 2. The van der Waals surface area contributed by atoms with Gasteiger partial charge >= 0.3 is 5.97 Å². The van der Waals surface area contributed by atoms with Crippen LogP contribution >= 0.6 is 0 Å². The molecule has 0 N–H and O–H groups in total. The van der Waals surface area contributed by atoms with Gasteiger partial charge in [0, 0.05) is 0 Å². The van der Waals surface area contributed by atoms with Gasteiger partial charge in [-0.2, -0.15) is 0 Å². The molecule has 0 saturated heterocycles. The number of rotatable bonds is 7. The fourth-order valence-electron chi connectivity index (χ4n) is 3.29. The number of carbonyl (C=O) groups excluding carboxylic acids is 3. The van der Waals surface area contributed by atoms with Crippen LogP contribution in [0.2, 0.25) is 0 Å². The molecular weight excluding hydrogens is 390 g/mol. The first-order valence-corrected chi connectivity index (χ1v) is 9.45. The summed E-state index contributed by atoms with van der Waals surface area (Å²) in [4.78, 5) is 39.4. The van der Waals surface area contributed by atoms with Crippen LogP contribution in [0.25, 0.3) is 11.7 Å². The van der Waals surface area contributed by atoms with Crippen LogP contribution in [0.5, 0.6) is 0 Å². The summed E-state index contributed by atoms with van der Waals surface area (Å²) in [6.07, 6.45) is 1.74. The minimum Gasteiger partial charge on any atom is -0.459 e. The molecule has 2 amide bonds. The number of furan rings is 1. The number of esters is 1. The summed E-state index contributed by atoms with van der Waals surface area (Å²) in [6.45, 7) is 3.50. The minimum absolute atomic E-state index is 0.0424. The summed E-state index contributed by atoms with van der Waals surface area (Å²) in [5, 5.41) is 7.66. The second kappa shape index (κ2) is 7.94. The fourth-order valence-corrected chi connectivity index (χ4v) is 3.29. The molecular formula is C21H19N3O6. The lowest BCUT2D eigenvalue weighted by Gasteiger charge is -2.25. The number of ether oxygens (including phenoxy) is 1. The van der Waals surface area contributed by atoms with E-state index in [4.69, 9.17) is 13.6 Å². The average Bonchev–Trinajstić information content (AvgIpc) is 3.46. The Bertz CT molecular complexity index is 1050. The highest BCUT2D eigenvalue weighted by molar-refractivity contribution is 6.22. The van der Waals surface area contributed by atoms with Crippen molar-refractivity contribution in [3.05, 3.63) is 59.7 Å². The Hall–Kier alpha value is -3.75. The molecule has 1 aromatic carbocycles. The molecule has 1 aliphatic heterocycles.